The lowest BCUT2D eigenvalue weighted by atomic mass is 9.78. The van der Waals surface area contributed by atoms with Crippen molar-refractivity contribution in [2.24, 2.45) is 18.4 Å². The van der Waals surface area contributed by atoms with Gasteiger partial charge in [0.1, 0.15) is 11.0 Å². The fourth-order valence-corrected chi connectivity index (χ4v) is 3.62. The Hall–Kier alpha value is -0.540. The third kappa shape index (κ3) is 3.73. The molecule has 3 nitrogen and oxygen atoms in total. The number of rotatable bonds is 6. The number of aromatic nitrogens is 2. The van der Waals surface area contributed by atoms with Gasteiger partial charge < -0.3 is 9.88 Å². The molecule has 1 saturated carbocycles. The Balaban J connectivity index is 1.87. The van der Waals surface area contributed by atoms with Crippen molar-refractivity contribution in [3.63, 3.8) is 0 Å². The summed E-state index contributed by atoms with van der Waals surface area (Å²) in [7, 11) is 1.96. The highest BCUT2D eigenvalue weighted by Gasteiger charge is 2.33. The van der Waals surface area contributed by atoms with Crippen LogP contribution in [-0.4, -0.2) is 16.1 Å². The second-order valence-corrected chi connectivity index (χ2v) is 6.85. The van der Waals surface area contributed by atoms with Crippen LogP contribution in [0.1, 0.15) is 51.8 Å². The zero-order valence-electron chi connectivity index (χ0n) is 12.4. The Morgan fingerprint density at radius 1 is 1.42 bits per heavy atom. The molecule has 0 aliphatic heterocycles. The van der Waals surface area contributed by atoms with Crippen LogP contribution in [0.5, 0.6) is 0 Å². The summed E-state index contributed by atoms with van der Waals surface area (Å²) in [6.45, 7) is 6.58. The maximum absolute atomic E-state index is 6.00. The van der Waals surface area contributed by atoms with E-state index in [0.29, 0.717) is 10.6 Å². The van der Waals surface area contributed by atoms with Gasteiger partial charge in [0.15, 0.2) is 0 Å². The van der Waals surface area contributed by atoms with Crippen molar-refractivity contribution in [3.8, 4) is 0 Å². The third-order valence-electron chi connectivity index (χ3n) is 4.32. The highest BCUT2D eigenvalue weighted by atomic mass is 35.5. The molecule has 4 heteroatoms. The van der Waals surface area contributed by atoms with E-state index in [2.05, 4.69) is 24.1 Å². The fraction of sp³-hybridized carbons (Fsp3) is 0.800. The Kier molecular flexibility index (Phi) is 4.91. The molecule has 0 bridgehead atoms. The van der Waals surface area contributed by atoms with Crippen LogP contribution in [0.2, 0.25) is 5.15 Å². The molecule has 1 heterocycles. The Labute approximate surface area is 121 Å². The van der Waals surface area contributed by atoms with E-state index in [1.54, 1.807) is 6.20 Å². The normalized spacial score (nSPS) is 18.4. The van der Waals surface area contributed by atoms with Gasteiger partial charge in [-0.3, -0.25) is 0 Å². The van der Waals surface area contributed by atoms with E-state index >= 15 is 0 Å². The molecule has 1 fully saturated rings. The van der Waals surface area contributed by atoms with Crippen LogP contribution in [0.3, 0.4) is 0 Å². The topological polar surface area (TPSA) is 29.9 Å². The second-order valence-electron chi connectivity index (χ2n) is 6.46. The van der Waals surface area contributed by atoms with Crippen LogP contribution in [-0.2, 0) is 13.6 Å². The number of hydrogen-bond acceptors (Lipinski definition) is 2. The van der Waals surface area contributed by atoms with Gasteiger partial charge in [0, 0.05) is 13.6 Å². The maximum atomic E-state index is 6.00. The van der Waals surface area contributed by atoms with Crippen LogP contribution >= 0.6 is 11.6 Å². The molecule has 1 aliphatic rings. The third-order valence-corrected chi connectivity index (χ3v) is 4.67. The van der Waals surface area contributed by atoms with Gasteiger partial charge in [0.2, 0.25) is 0 Å². The summed E-state index contributed by atoms with van der Waals surface area (Å²) >= 11 is 6.00. The summed E-state index contributed by atoms with van der Waals surface area (Å²) in [5.74, 6) is 1.80. The van der Waals surface area contributed by atoms with E-state index in [4.69, 9.17) is 11.6 Å². The molecule has 0 atom stereocenters. The van der Waals surface area contributed by atoms with Crippen molar-refractivity contribution in [2.45, 2.75) is 52.5 Å². The quantitative estimate of drug-likeness (QED) is 0.861. The first-order valence-electron chi connectivity index (χ1n) is 7.39. The van der Waals surface area contributed by atoms with E-state index in [0.717, 1.165) is 24.8 Å². The Morgan fingerprint density at radius 3 is 2.63 bits per heavy atom. The number of imidazole rings is 1. The van der Waals surface area contributed by atoms with Crippen molar-refractivity contribution >= 4 is 11.6 Å². The minimum Gasteiger partial charge on any atom is -0.321 e. The number of halogens is 1. The molecule has 0 radical (unpaired) electrons. The molecule has 0 saturated heterocycles. The minimum absolute atomic E-state index is 0.517. The predicted octanol–water partition coefficient (Wildman–Crippen LogP) is 3.77. The smallest absolute Gasteiger partial charge is 0.128 e. The van der Waals surface area contributed by atoms with Crippen molar-refractivity contribution in [1.29, 1.82) is 0 Å². The standard InChI is InChI=1S/C15H26ClN3/c1-12(2)8-15(6-4-5-7-15)11-17-10-14-18-9-13(16)19(14)3/h9,12,17H,4-8,10-11H2,1-3H3. The van der Waals surface area contributed by atoms with Gasteiger partial charge in [-0.25, -0.2) is 4.98 Å². The molecule has 1 aromatic heterocycles. The van der Waals surface area contributed by atoms with Gasteiger partial charge in [0.25, 0.3) is 0 Å². The van der Waals surface area contributed by atoms with E-state index in [1.165, 1.54) is 32.1 Å². The lowest BCUT2D eigenvalue weighted by Crippen LogP contribution is -2.33. The highest BCUT2D eigenvalue weighted by Crippen LogP contribution is 2.42. The first-order chi connectivity index (χ1) is 9.02. The molecule has 0 spiro atoms. The summed E-state index contributed by atoms with van der Waals surface area (Å²) in [6, 6.07) is 0. The van der Waals surface area contributed by atoms with Gasteiger partial charge in [-0.15, -0.1) is 0 Å². The Bertz CT molecular complexity index is 406. The average molecular weight is 284 g/mol. The van der Waals surface area contributed by atoms with Gasteiger partial charge in [-0.1, -0.05) is 38.3 Å². The Morgan fingerprint density at radius 2 is 2.11 bits per heavy atom. The molecular weight excluding hydrogens is 258 g/mol. The second kappa shape index (κ2) is 6.27. The number of hydrogen-bond donors (Lipinski definition) is 1. The highest BCUT2D eigenvalue weighted by molar-refractivity contribution is 6.29. The number of nitrogens with zero attached hydrogens (tertiary/aromatic N) is 2. The van der Waals surface area contributed by atoms with Crippen LogP contribution < -0.4 is 5.32 Å². The van der Waals surface area contributed by atoms with Crippen LogP contribution in [0.15, 0.2) is 6.20 Å². The van der Waals surface area contributed by atoms with Crippen LogP contribution in [0.25, 0.3) is 0 Å². The first kappa shape index (κ1) is 14.9. The van der Waals surface area contributed by atoms with Crippen molar-refractivity contribution in [3.05, 3.63) is 17.2 Å². The average Bonchev–Trinajstić information content (AvgIpc) is 2.91. The monoisotopic (exact) mass is 283 g/mol. The molecule has 19 heavy (non-hydrogen) atoms. The van der Waals surface area contributed by atoms with Gasteiger partial charge in [-0.2, -0.15) is 0 Å². The molecule has 0 unspecified atom stereocenters. The first-order valence-corrected chi connectivity index (χ1v) is 7.77. The zero-order valence-corrected chi connectivity index (χ0v) is 13.1. The van der Waals surface area contributed by atoms with Crippen LogP contribution in [0, 0.1) is 11.3 Å². The van der Waals surface area contributed by atoms with Gasteiger partial charge in [-0.05, 0) is 30.6 Å². The summed E-state index contributed by atoms with van der Waals surface area (Å²) in [4.78, 5) is 4.33. The molecule has 1 N–H and O–H groups in total. The lowest BCUT2D eigenvalue weighted by molar-refractivity contribution is 0.222. The summed E-state index contributed by atoms with van der Waals surface area (Å²) in [5.41, 5.74) is 0.517. The molecule has 0 amide bonds. The largest absolute Gasteiger partial charge is 0.321 e. The van der Waals surface area contributed by atoms with Crippen molar-refractivity contribution in [1.82, 2.24) is 14.9 Å². The van der Waals surface area contributed by atoms with E-state index < -0.39 is 0 Å². The van der Waals surface area contributed by atoms with E-state index in [1.807, 2.05) is 11.6 Å². The lowest BCUT2D eigenvalue weighted by Gasteiger charge is -2.31. The van der Waals surface area contributed by atoms with Crippen LogP contribution in [0.4, 0.5) is 0 Å². The molecule has 2 rings (SSSR count). The minimum atomic E-state index is 0.517. The number of nitrogens with one attached hydrogen (secondary N) is 1. The van der Waals surface area contributed by atoms with Crippen molar-refractivity contribution < 1.29 is 0 Å². The van der Waals surface area contributed by atoms with Gasteiger partial charge in [0.05, 0.1) is 12.7 Å². The summed E-state index contributed by atoms with van der Waals surface area (Å²) in [5, 5.41) is 4.31. The molecule has 0 aromatic carbocycles. The van der Waals surface area contributed by atoms with Crippen molar-refractivity contribution in [2.75, 3.05) is 6.54 Å². The maximum Gasteiger partial charge on any atom is 0.128 e. The fourth-order valence-electron chi connectivity index (χ4n) is 3.47. The van der Waals surface area contributed by atoms with Gasteiger partial charge >= 0.3 is 0 Å². The molecule has 108 valence electrons. The summed E-state index contributed by atoms with van der Waals surface area (Å²) in [6.07, 6.45) is 8.59. The summed E-state index contributed by atoms with van der Waals surface area (Å²) < 4.78 is 1.94. The molecule has 1 aromatic rings. The van der Waals surface area contributed by atoms with E-state index in [-0.39, 0.29) is 0 Å². The molecular formula is C15H26ClN3. The zero-order chi connectivity index (χ0) is 13.9. The SMILES string of the molecule is CC(C)CC1(CNCc2ncc(Cl)n2C)CCCC1. The molecule has 1 aliphatic carbocycles. The predicted molar refractivity (Wildman–Crippen MR) is 80.3 cm³/mol. The van der Waals surface area contributed by atoms with E-state index in [9.17, 15) is 0 Å².